The zero-order valence-electron chi connectivity index (χ0n) is 16.5. The van der Waals surface area contributed by atoms with Gasteiger partial charge in [0.15, 0.2) is 11.5 Å². The van der Waals surface area contributed by atoms with Crippen LogP contribution in [0.15, 0.2) is 24.4 Å². The summed E-state index contributed by atoms with van der Waals surface area (Å²) >= 11 is 0. The highest BCUT2D eigenvalue weighted by Gasteiger charge is 2.20. The number of likely N-dealkylation sites (N-methyl/N-ethyl adjacent to an activating group) is 1. The second-order valence-electron chi connectivity index (χ2n) is 7.70. The maximum atomic E-state index is 5.83. The van der Waals surface area contributed by atoms with Crippen molar-refractivity contribution in [1.29, 1.82) is 0 Å². The van der Waals surface area contributed by atoms with Crippen LogP contribution in [0.25, 0.3) is 11.3 Å². The Labute approximate surface area is 156 Å². The summed E-state index contributed by atoms with van der Waals surface area (Å²) in [7, 11) is 6.17. The smallest absolute Gasteiger partial charge is 0.161 e. The molecule has 0 unspecified atom stereocenters. The van der Waals surface area contributed by atoms with Crippen molar-refractivity contribution in [3.05, 3.63) is 30.0 Å². The second kappa shape index (κ2) is 7.68. The predicted molar refractivity (Wildman–Crippen MR) is 104 cm³/mol. The minimum absolute atomic E-state index is 0.0949. The van der Waals surface area contributed by atoms with E-state index in [0.717, 1.165) is 42.3 Å². The highest BCUT2D eigenvalue weighted by atomic mass is 16.5. The van der Waals surface area contributed by atoms with Crippen molar-refractivity contribution in [3.63, 3.8) is 0 Å². The largest absolute Gasteiger partial charge is 0.490 e. The lowest BCUT2D eigenvalue weighted by Crippen LogP contribution is -2.46. The Kier molecular flexibility index (Phi) is 5.53. The first-order valence-electron chi connectivity index (χ1n) is 9.17. The highest BCUT2D eigenvalue weighted by Crippen LogP contribution is 2.34. The quantitative estimate of drug-likeness (QED) is 0.860. The molecule has 1 aliphatic heterocycles. The van der Waals surface area contributed by atoms with Gasteiger partial charge in [0.1, 0.15) is 0 Å². The molecule has 0 radical (unpaired) electrons. The maximum absolute atomic E-state index is 5.83. The molecule has 1 aliphatic rings. The Morgan fingerprint density at radius 1 is 1.19 bits per heavy atom. The van der Waals surface area contributed by atoms with Crippen LogP contribution in [0.3, 0.4) is 0 Å². The maximum Gasteiger partial charge on any atom is 0.161 e. The SMILES string of the molecule is CN(C)C(C)(C)CNCc1cn(C)nc1-c1ccc2c(c1)OCCCO2. The van der Waals surface area contributed by atoms with Crippen molar-refractivity contribution < 1.29 is 9.47 Å². The van der Waals surface area contributed by atoms with E-state index in [1.807, 2.05) is 23.9 Å². The Bertz CT molecular complexity index is 752. The summed E-state index contributed by atoms with van der Waals surface area (Å²) < 4.78 is 13.4. The summed E-state index contributed by atoms with van der Waals surface area (Å²) in [5.41, 5.74) is 3.31. The van der Waals surface area contributed by atoms with E-state index >= 15 is 0 Å². The van der Waals surface area contributed by atoms with E-state index in [9.17, 15) is 0 Å². The molecule has 1 N–H and O–H groups in total. The van der Waals surface area contributed by atoms with Gasteiger partial charge in [0.05, 0.1) is 18.9 Å². The zero-order valence-corrected chi connectivity index (χ0v) is 16.5. The third-order valence-corrected chi connectivity index (χ3v) is 5.01. The standard InChI is InChI=1S/C20H30N4O2/c1-20(2,23(3)4)14-21-12-16-13-24(5)22-19(16)15-7-8-17-18(11-15)26-10-6-9-25-17/h7-8,11,13,21H,6,9-10,12,14H2,1-5H3. The molecule has 0 bridgehead atoms. The predicted octanol–water partition coefficient (Wildman–Crippen LogP) is 2.68. The summed E-state index contributed by atoms with van der Waals surface area (Å²) in [6.45, 7) is 7.52. The van der Waals surface area contributed by atoms with Crippen LogP contribution in [0, 0.1) is 0 Å². The molecule has 6 heteroatoms. The van der Waals surface area contributed by atoms with Gasteiger partial charge in [-0.25, -0.2) is 0 Å². The van der Waals surface area contributed by atoms with Crippen molar-refractivity contribution in [2.75, 3.05) is 33.9 Å². The third-order valence-electron chi connectivity index (χ3n) is 5.01. The minimum atomic E-state index is 0.0949. The summed E-state index contributed by atoms with van der Waals surface area (Å²) in [5, 5.41) is 8.24. The van der Waals surface area contributed by atoms with E-state index in [1.165, 1.54) is 5.56 Å². The number of aromatic nitrogens is 2. The lowest BCUT2D eigenvalue weighted by Gasteiger charge is -2.32. The number of rotatable bonds is 6. The molecule has 1 aromatic heterocycles. The first kappa shape index (κ1) is 18.7. The van der Waals surface area contributed by atoms with Crippen LogP contribution in [0.1, 0.15) is 25.8 Å². The minimum Gasteiger partial charge on any atom is -0.490 e. The number of aryl methyl sites for hydroxylation is 1. The van der Waals surface area contributed by atoms with Gasteiger partial charge >= 0.3 is 0 Å². The fourth-order valence-electron chi connectivity index (χ4n) is 2.88. The average molecular weight is 358 g/mol. The topological polar surface area (TPSA) is 51.6 Å². The molecule has 142 valence electrons. The normalized spacial score (nSPS) is 14.5. The number of hydrogen-bond acceptors (Lipinski definition) is 5. The van der Waals surface area contributed by atoms with E-state index in [4.69, 9.17) is 9.47 Å². The third kappa shape index (κ3) is 4.19. The van der Waals surface area contributed by atoms with Gasteiger partial charge in [-0.2, -0.15) is 5.10 Å². The first-order chi connectivity index (χ1) is 12.4. The number of nitrogens with one attached hydrogen (secondary N) is 1. The molecule has 0 atom stereocenters. The van der Waals surface area contributed by atoms with Gasteiger partial charge in [0, 0.05) is 49.4 Å². The fraction of sp³-hybridized carbons (Fsp3) is 0.550. The molecule has 0 saturated heterocycles. The van der Waals surface area contributed by atoms with Gasteiger partial charge in [0.2, 0.25) is 0 Å². The van der Waals surface area contributed by atoms with Gasteiger partial charge in [-0.15, -0.1) is 0 Å². The van der Waals surface area contributed by atoms with Crippen LogP contribution in [-0.2, 0) is 13.6 Å². The van der Waals surface area contributed by atoms with Gasteiger partial charge in [0.25, 0.3) is 0 Å². The summed E-state index contributed by atoms with van der Waals surface area (Å²) in [4.78, 5) is 2.23. The van der Waals surface area contributed by atoms with E-state index in [0.29, 0.717) is 13.2 Å². The number of ether oxygens (including phenoxy) is 2. The van der Waals surface area contributed by atoms with E-state index < -0.39 is 0 Å². The zero-order chi connectivity index (χ0) is 18.7. The fourth-order valence-corrected chi connectivity index (χ4v) is 2.88. The van der Waals surface area contributed by atoms with Crippen molar-refractivity contribution in [2.45, 2.75) is 32.4 Å². The lowest BCUT2D eigenvalue weighted by molar-refractivity contribution is 0.190. The molecule has 3 rings (SSSR count). The van der Waals surface area contributed by atoms with Crippen LogP contribution in [0.5, 0.6) is 11.5 Å². The summed E-state index contributed by atoms with van der Waals surface area (Å²) in [6.07, 6.45) is 2.98. The van der Waals surface area contributed by atoms with Gasteiger partial charge in [-0.3, -0.25) is 4.68 Å². The molecule has 0 saturated carbocycles. The lowest BCUT2D eigenvalue weighted by atomic mass is 10.0. The van der Waals surface area contributed by atoms with Crippen LogP contribution >= 0.6 is 0 Å². The highest BCUT2D eigenvalue weighted by molar-refractivity contribution is 5.66. The van der Waals surface area contributed by atoms with Crippen LogP contribution in [-0.4, -0.2) is 54.1 Å². The number of benzene rings is 1. The molecule has 26 heavy (non-hydrogen) atoms. The van der Waals surface area contributed by atoms with Crippen molar-refractivity contribution in [1.82, 2.24) is 20.0 Å². The summed E-state index contributed by atoms with van der Waals surface area (Å²) in [5.74, 6) is 1.62. The molecule has 0 aliphatic carbocycles. The molecule has 1 aromatic carbocycles. The molecule has 6 nitrogen and oxygen atoms in total. The Balaban J connectivity index is 1.78. The van der Waals surface area contributed by atoms with Gasteiger partial charge in [-0.05, 0) is 46.1 Å². The Morgan fingerprint density at radius 3 is 2.65 bits per heavy atom. The average Bonchev–Trinajstić information content (AvgIpc) is 2.80. The first-order valence-corrected chi connectivity index (χ1v) is 9.17. The van der Waals surface area contributed by atoms with E-state index in [1.54, 1.807) is 0 Å². The van der Waals surface area contributed by atoms with Gasteiger partial charge < -0.3 is 19.7 Å². The summed E-state index contributed by atoms with van der Waals surface area (Å²) in [6, 6.07) is 6.08. The molecule has 0 fully saturated rings. The number of hydrogen-bond donors (Lipinski definition) is 1. The molecule has 0 amide bonds. The molecule has 2 heterocycles. The number of nitrogens with zero attached hydrogens (tertiary/aromatic N) is 3. The molecule has 2 aromatic rings. The van der Waals surface area contributed by atoms with Crippen LogP contribution in [0.2, 0.25) is 0 Å². The molecular formula is C20H30N4O2. The monoisotopic (exact) mass is 358 g/mol. The van der Waals surface area contributed by atoms with Crippen molar-refractivity contribution in [2.24, 2.45) is 7.05 Å². The Hall–Kier alpha value is -2.05. The van der Waals surface area contributed by atoms with Crippen LogP contribution < -0.4 is 14.8 Å². The second-order valence-corrected chi connectivity index (χ2v) is 7.70. The van der Waals surface area contributed by atoms with E-state index in [2.05, 4.69) is 55.5 Å². The van der Waals surface area contributed by atoms with Gasteiger partial charge in [-0.1, -0.05) is 0 Å². The van der Waals surface area contributed by atoms with Crippen LogP contribution in [0.4, 0.5) is 0 Å². The number of fused-ring (bicyclic) bond motifs is 1. The molecule has 0 spiro atoms. The van der Waals surface area contributed by atoms with Crippen molar-refractivity contribution in [3.8, 4) is 22.8 Å². The van der Waals surface area contributed by atoms with E-state index in [-0.39, 0.29) is 5.54 Å². The Morgan fingerprint density at radius 2 is 1.92 bits per heavy atom. The van der Waals surface area contributed by atoms with Crippen molar-refractivity contribution >= 4 is 0 Å². The molecular weight excluding hydrogens is 328 g/mol.